The zero-order chi connectivity index (χ0) is 19.4. The Hall–Kier alpha value is -1.50. The Bertz CT molecular complexity index is 813. The second-order valence-electron chi connectivity index (χ2n) is 6.66. The molecule has 0 radical (unpaired) electrons. The van der Waals surface area contributed by atoms with Crippen molar-refractivity contribution in [1.82, 2.24) is 9.88 Å². The first-order valence-electron chi connectivity index (χ1n) is 8.77. The first-order valence-corrected chi connectivity index (χ1v) is 10.3. The number of benzene rings is 1. The number of aromatic nitrogens is 1. The van der Waals surface area contributed by atoms with Gasteiger partial charge in [0, 0.05) is 46.7 Å². The molecule has 27 heavy (non-hydrogen) atoms. The van der Waals surface area contributed by atoms with E-state index in [-0.39, 0.29) is 18.5 Å². The molecule has 0 bridgehead atoms. The molecule has 0 unspecified atom stereocenters. The molecule has 3 rings (SSSR count). The number of piperidine rings is 1. The molecule has 2 N–H and O–H groups in total. The van der Waals surface area contributed by atoms with Gasteiger partial charge in [0.05, 0.1) is 6.54 Å². The van der Waals surface area contributed by atoms with Crippen LogP contribution in [0.25, 0.3) is 0 Å². The van der Waals surface area contributed by atoms with Gasteiger partial charge in [-0.1, -0.05) is 23.2 Å². The lowest BCUT2D eigenvalue weighted by atomic mass is 10.0. The largest absolute Gasteiger partial charge is 0.380 e. The Morgan fingerprint density at radius 2 is 2.04 bits per heavy atom. The van der Waals surface area contributed by atoms with Crippen LogP contribution in [-0.2, 0) is 4.79 Å². The van der Waals surface area contributed by atoms with E-state index in [1.54, 1.807) is 18.2 Å². The first kappa shape index (κ1) is 20.2. The van der Waals surface area contributed by atoms with Gasteiger partial charge in [-0.15, -0.1) is 0 Å². The maximum absolute atomic E-state index is 12.6. The number of halogens is 3. The summed E-state index contributed by atoms with van der Waals surface area (Å²) in [5, 5.41) is 7.73. The molecular formula is C19H21BrCl2N4O. The van der Waals surface area contributed by atoms with E-state index in [1.165, 1.54) is 0 Å². The van der Waals surface area contributed by atoms with E-state index in [0.29, 0.717) is 16.6 Å². The van der Waals surface area contributed by atoms with Crippen molar-refractivity contribution in [3.05, 3.63) is 50.7 Å². The minimum absolute atomic E-state index is 0.0604. The van der Waals surface area contributed by atoms with Gasteiger partial charge in [0.1, 0.15) is 4.60 Å². The Balaban J connectivity index is 1.56. The lowest BCUT2D eigenvalue weighted by Crippen LogP contribution is -2.47. The van der Waals surface area contributed by atoms with Crippen molar-refractivity contribution in [2.75, 3.05) is 30.3 Å². The van der Waals surface area contributed by atoms with Gasteiger partial charge >= 0.3 is 0 Å². The fourth-order valence-electron chi connectivity index (χ4n) is 3.14. The minimum atomic E-state index is 0.0604. The summed E-state index contributed by atoms with van der Waals surface area (Å²) in [7, 11) is 0. The highest BCUT2D eigenvalue weighted by molar-refractivity contribution is 9.10. The van der Waals surface area contributed by atoms with Gasteiger partial charge in [0.15, 0.2) is 0 Å². The second kappa shape index (κ2) is 9.13. The van der Waals surface area contributed by atoms with Gasteiger partial charge in [-0.25, -0.2) is 4.98 Å². The summed E-state index contributed by atoms with van der Waals surface area (Å²) in [5.74, 6) is 0.0604. The normalized spacial score (nSPS) is 16.9. The molecule has 1 aliphatic rings. The highest BCUT2D eigenvalue weighted by atomic mass is 79.9. The number of amides is 1. The third-order valence-electron chi connectivity index (χ3n) is 4.51. The van der Waals surface area contributed by atoms with Crippen molar-refractivity contribution >= 4 is 56.4 Å². The third-order valence-corrected chi connectivity index (χ3v) is 5.38. The Kier molecular flexibility index (Phi) is 6.84. The summed E-state index contributed by atoms with van der Waals surface area (Å²) in [6.45, 7) is 3.68. The van der Waals surface area contributed by atoms with Gasteiger partial charge in [-0.2, -0.15) is 0 Å². The average Bonchev–Trinajstić information content (AvgIpc) is 2.62. The van der Waals surface area contributed by atoms with Crippen molar-refractivity contribution < 1.29 is 4.79 Å². The maximum atomic E-state index is 12.6. The topological polar surface area (TPSA) is 57.3 Å². The molecule has 0 saturated carbocycles. The molecule has 1 aromatic carbocycles. The second-order valence-corrected chi connectivity index (χ2v) is 8.34. The van der Waals surface area contributed by atoms with Crippen LogP contribution in [0.5, 0.6) is 0 Å². The molecular weight excluding hydrogens is 451 g/mol. The summed E-state index contributed by atoms with van der Waals surface area (Å²) in [6.07, 6.45) is 3.83. The number of anilines is 2. The number of carbonyl (C=O) groups excluding carboxylic acids is 1. The molecule has 0 aliphatic carbocycles. The SMILES string of the molecule is Cc1cnc(Br)cc1N[C@H]1CCCN(C(=O)CNc2cc(Cl)cc(Cl)c2)C1. The standard InChI is InChI=1S/C19H21BrCl2N4O/c1-12-9-24-18(20)8-17(12)25-15-3-2-4-26(11-15)19(27)10-23-16-6-13(21)5-14(22)7-16/h5-9,15,23H,2-4,10-11H2,1H3,(H,24,25)/t15-/m0/s1. The molecule has 5 nitrogen and oxygen atoms in total. The fraction of sp³-hybridized carbons (Fsp3) is 0.368. The van der Waals surface area contributed by atoms with Crippen LogP contribution in [0.1, 0.15) is 18.4 Å². The van der Waals surface area contributed by atoms with Crippen LogP contribution in [-0.4, -0.2) is 41.5 Å². The lowest BCUT2D eigenvalue weighted by molar-refractivity contribution is -0.130. The predicted octanol–water partition coefficient (Wildman–Crippen LogP) is 4.97. The highest BCUT2D eigenvalue weighted by Gasteiger charge is 2.23. The van der Waals surface area contributed by atoms with E-state index in [0.717, 1.165) is 40.9 Å². The molecule has 1 saturated heterocycles. The van der Waals surface area contributed by atoms with Crippen molar-refractivity contribution in [2.45, 2.75) is 25.8 Å². The van der Waals surface area contributed by atoms with Crippen molar-refractivity contribution in [3.8, 4) is 0 Å². The van der Waals surface area contributed by atoms with Gasteiger partial charge in [-0.05, 0) is 65.5 Å². The molecule has 1 aromatic heterocycles. The number of hydrogen-bond donors (Lipinski definition) is 2. The molecule has 1 fully saturated rings. The van der Waals surface area contributed by atoms with Crippen LogP contribution >= 0.6 is 39.1 Å². The molecule has 0 spiro atoms. The number of carbonyl (C=O) groups is 1. The van der Waals surface area contributed by atoms with E-state index in [2.05, 4.69) is 31.5 Å². The van der Waals surface area contributed by atoms with Crippen LogP contribution in [0.4, 0.5) is 11.4 Å². The Morgan fingerprint density at radius 3 is 2.78 bits per heavy atom. The predicted molar refractivity (Wildman–Crippen MR) is 115 cm³/mol. The summed E-state index contributed by atoms with van der Waals surface area (Å²) in [5.41, 5.74) is 2.87. The van der Waals surface area contributed by atoms with Gasteiger partial charge in [-0.3, -0.25) is 4.79 Å². The van der Waals surface area contributed by atoms with Crippen LogP contribution < -0.4 is 10.6 Å². The molecule has 1 atom stereocenters. The van der Waals surface area contributed by atoms with Crippen molar-refractivity contribution in [3.63, 3.8) is 0 Å². The molecule has 144 valence electrons. The van der Waals surface area contributed by atoms with E-state index in [1.807, 2.05) is 24.1 Å². The number of rotatable bonds is 5. The summed E-state index contributed by atoms with van der Waals surface area (Å²) in [6, 6.07) is 7.37. The quantitative estimate of drug-likeness (QED) is 0.604. The Labute approximate surface area is 177 Å². The zero-order valence-electron chi connectivity index (χ0n) is 14.9. The van der Waals surface area contributed by atoms with Gasteiger partial charge in [0.2, 0.25) is 5.91 Å². The summed E-state index contributed by atoms with van der Waals surface area (Å²) in [4.78, 5) is 18.7. The van der Waals surface area contributed by atoms with Gasteiger partial charge in [0.25, 0.3) is 0 Å². The smallest absolute Gasteiger partial charge is 0.241 e. The Morgan fingerprint density at radius 1 is 1.30 bits per heavy atom. The van der Waals surface area contributed by atoms with Crippen LogP contribution in [0.15, 0.2) is 35.1 Å². The van der Waals surface area contributed by atoms with Crippen LogP contribution in [0, 0.1) is 6.92 Å². The molecule has 8 heteroatoms. The number of hydrogen-bond acceptors (Lipinski definition) is 4. The lowest BCUT2D eigenvalue weighted by Gasteiger charge is -2.34. The van der Waals surface area contributed by atoms with Crippen LogP contribution in [0.3, 0.4) is 0 Å². The number of likely N-dealkylation sites (tertiary alicyclic amines) is 1. The molecule has 2 aromatic rings. The summed E-state index contributed by atoms with van der Waals surface area (Å²) >= 11 is 15.4. The molecule has 1 amide bonds. The maximum Gasteiger partial charge on any atom is 0.241 e. The van der Waals surface area contributed by atoms with E-state index in [9.17, 15) is 4.79 Å². The highest BCUT2D eigenvalue weighted by Crippen LogP contribution is 2.23. The van der Waals surface area contributed by atoms with Crippen molar-refractivity contribution in [1.29, 1.82) is 0 Å². The number of aryl methyl sites for hydroxylation is 1. The van der Waals surface area contributed by atoms with Crippen molar-refractivity contribution in [2.24, 2.45) is 0 Å². The monoisotopic (exact) mass is 470 g/mol. The van der Waals surface area contributed by atoms with Gasteiger partial charge < -0.3 is 15.5 Å². The number of nitrogens with one attached hydrogen (secondary N) is 2. The average molecular weight is 472 g/mol. The molecule has 1 aliphatic heterocycles. The molecule has 2 heterocycles. The minimum Gasteiger partial charge on any atom is -0.380 e. The van der Waals surface area contributed by atoms with E-state index < -0.39 is 0 Å². The van der Waals surface area contributed by atoms with Crippen LogP contribution in [0.2, 0.25) is 10.0 Å². The number of pyridine rings is 1. The fourth-order valence-corrected chi connectivity index (χ4v) is 4.00. The van der Waals surface area contributed by atoms with E-state index >= 15 is 0 Å². The first-order chi connectivity index (χ1) is 12.9. The zero-order valence-corrected chi connectivity index (χ0v) is 18.0. The third kappa shape index (κ3) is 5.74. The summed E-state index contributed by atoms with van der Waals surface area (Å²) < 4.78 is 0.795. The number of nitrogens with zero attached hydrogens (tertiary/aromatic N) is 2. The van der Waals surface area contributed by atoms with E-state index in [4.69, 9.17) is 23.2 Å².